The minimum absolute atomic E-state index is 0.00104. The number of benzene rings is 3. The molecule has 5 rings (SSSR count). The highest BCUT2D eigenvalue weighted by Gasteiger charge is 2.36. The first-order valence-electron chi connectivity index (χ1n) is 11.8. The molecule has 1 aliphatic heterocycles. The molecule has 7 heteroatoms. The fourth-order valence-electron chi connectivity index (χ4n) is 4.89. The topological polar surface area (TPSA) is 58.4 Å². The van der Waals surface area contributed by atoms with E-state index in [1.807, 2.05) is 96.1 Å². The minimum atomic E-state index is -0.150. The smallest absolute Gasteiger partial charge is 0.247 e. The molecule has 0 radical (unpaired) electrons. The number of amides is 2. The molecule has 0 unspecified atom stereocenters. The van der Waals surface area contributed by atoms with Crippen molar-refractivity contribution in [2.24, 2.45) is 0 Å². The van der Waals surface area contributed by atoms with Crippen LogP contribution in [-0.2, 0) is 16.1 Å². The second-order valence-corrected chi connectivity index (χ2v) is 9.50. The van der Waals surface area contributed by atoms with Crippen molar-refractivity contribution in [2.75, 3.05) is 16.3 Å². The molecular formula is C28H27ClN4O2. The summed E-state index contributed by atoms with van der Waals surface area (Å²) in [6.45, 7) is 4.62. The van der Waals surface area contributed by atoms with Crippen LogP contribution in [0.1, 0.15) is 32.0 Å². The normalized spacial score (nSPS) is 15.8. The van der Waals surface area contributed by atoms with Gasteiger partial charge in [0, 0.05) is 30.6 Å². The Morgan fingerprint density at radius 2 is 1.71 bits per heavy atom. The highest BCUT2D eigenvalue weighted by atomic mass is 35.5. The zero-order chi connectivity index (χ0) is 24.5. The summed E-state index contributed by atoms with van der Waals surface area (Å²) in [6.07, 6.45) is 0.315. The van der Waals surface area contributed by atoms with Crippen LogP contribution in [0.5, 0.6) is 0 Å². The van der Waals surface area contributed by atoms with Crippen molar-refractivity contribution in [3.63, 3.8) is 0 Å². The van der Waals surface area contributed by atoms with Crippen LogP contribution in [0, 0.1) is 0 Å². The maximum Gasteiger partial charge on any atom is 0.247 e. The predicted octanol–water partition coefficient (Wildman–Crippen LogP) is 5.65. The van der Waals surface area contributed by atoms with Gasteiger partial charge >= 0.3 is 0 Å². The van der Waals surface area contributed by atoms with Gasteiger partial charge in [0.15, 0.2) is 0 Å². The molecule has 4 aromatic rings. The molecule has 2 amide bonds. The third kappa shape index (κ3) is 4.42. The van der Waals surface area contributed by atoms with Gasteiger partial charge in [-0.3, -0.25) is 9.59 Å². The molecule has 0 aliphatic carbocycles. The number of carbonyl (C=O) groups is 2. The number of aromatic nitrogens is 2. The van der Waals surface area contributed by atoms with Gasteiger partial charge in [0.05, 0.1) is 21.7 Å². The molecule has 1 atom stereocenters. The van der Waals surface area contributed by atoms with Gasteiger partial charge in [0.2, 0.25) is 11.8 Å². The Hall–Kier alpha value is -3.64. The minimum Gasteiger partial charge on any atom is -0.318 e. The summed E-state index contributed by atoms with van der Waals surface area (Å²) < 4.78 is 1.98. The third-order valence-electron chi connectivity index (χ3n) is 6.43. The number of nitrogens with zero attached hydrogens (tertiary/aromatic N) is 4. The van der Waals surface area contributed by atoms with Gasteiger partial charge in [-0.25, -0.2) is 4.98 Å². The quantitative estimate of drug-likeness (QED) is 0.354. The van der Waals surface area contributed by atoms with E-state index in [0.29, 0.717) is 23.7 Å². The van der Waals surface area contributed by atoms with Crippen LogP contribution >= 0.6 is 11.6 Å². The lowest BCUT2D eigenvalue weighted by Gasteiger charge is -2.28. The van der Waals surface area contributed by atoms with Crippen molar-refractivity contribution in [1.82, 2.24) is 9.55 Å². The van der Waals surface area contributed by atoms with Crippen LogP contribution < -0.4 is 9.80 Å². The molecule has 1 aromatic heterocycles. The highest BCUT2D eigenvalue weighted by Crippen LogP contribution is 2.36. The Bertz CT molecular complexity index is 1380. The fourth-order valence-corrected chi connectivity index (χ4v) is 5.12. The number of carbonyl (C=O) groups excluding carboxylic acids is 2. The lowest BCUT2D eigenvalue weighted by atomic mass is 10.1. The average Bonchev–Trinajstić information content (AvgIpc) is 3.40. The number of imidazole rings is 1. The number of para-hydroxylation sites is 4. The molecule has 1 aliphatic rings. The first-order chi connectivity index (χ1) is 16.9. The van der Waals surface area contributed by atoms with E-state index in [9.17, 15) is 9.59 Å². The van der Waals surface area contributed by atoms with E-state index >= 15 is 0 Å². The summed E-state index contributed by atoms with van der Waals surface area (Å²) in [7, 11) is 0. The highest BCUT2D eigenvalue weighted by molar-refractivity contribution is 6.33. The van der Waals surface area contributed by atoms with E-state index in [1.165, 1.54) is 0 Å². The molecular weight excluding hydrogens is 460 g/mol. The van der Waals surface area contributed by atoms with Crippen LogP contribution in [0.15, 0.2) is 78.9 Å². The Labute approximate surface area is 209 Å². The van der Waals surface area contributed by atoms with Crippen LogP contribution in [0.25, 0.3) is 11.0 Å². The van der Waals surface area contributed by atoms with Gasteiger partial charge in [0.25, 0.3) is 0 Å². The SMILES string of the molecule is CC(C)N(C(=O)Cn1c([C@H]2CC(=O)N(c3ccccc3Cl)C2)nc2ccccc21)c1ccccc1. The number of anilines is 2. The largest absolute Gasteiger partial charge is 0.318 e. The van der Waals surface area contributed by atoms with Gasteiger partial charge in [-0.15, -0.1) is 0 Å². The molecule has 1 fully saturated rings. The van der Waals surface area contributed by atoms with Crippen LogP contribution in [0.2, 0.25) is 5.02 Å². The van der Waals surface area contributed by atoms with Gasteiger partial charge in [-0.05, 0) is 50.2 Å². The summed E-state index contributed by atoms with van der Waals surface area (Å²) in [6, 6.07) is 24.9. The zero-order valence-corrected chi connectivity index (χ0v) is 20.5. The molecule has 0 N–H and O–H groups in total. The summed E-state index contributed by atoms with van der Waals surface area (Å²) in [4.78, 5) is 35.1. The van der Waals surface area contributed by atoms with Crippen molar-refractivity contribution in [3.8, 4) is 0 Å². The molecule has 35 heavy (non-hydrogen) atoms. The standard InChI is InChI=1S/C28H27ClN4O2/c1-19(2)33(21-10-4-3-5-11-21)27(35)18-32-25-15-9-7-13-23(25)30-28(32)20-16-26(34)31(17-20)24-14-8-6-12-22(24)29/h3-15,19-20H,16-18H2,1-2H3/t20-/m0/s1. The maximum atomic E-state index is 13.6. The van der Waals surface area contributed by atoms with Crippen LogP contribution in [-0.4, -0.2) is 34.0 Å². The Morgan fingerprint density at radius 1 is 1.03 bits per heavy atom. The van der Waals surface area contributed by atoms with Gasteiger partial charge in [-0.2, -0.15) is 0 Å². The molecule has 2 heterocycles. The second-order valence-electron chi connectivity index (χ2n) is 9.09. The summed E-state index contributed by atoms with van der Waals surface area (Å²) in [5.41, 5.74) is 3.26. The Kier molecular flexibility index (Phi) is 6.31. The van der Waals surface area contributed by atoms with E-state index in [1.54, 1.807) is 11.0 Å². The Morgan fingerprint density at radius 3 is 2.46 bits per heavy atom. The summed E-state index contributed by atoms with van der Waals surface area (Å²) >= 11 is 6.39. The third-order valence-corrected chi connectivity index (χ3v) is 6.75. The zero-order valence-electron chi connectivity index (χ0n) is 19.8. The van der Waals surface area contributed by atoms with Crippen molar-refractivity contribution in [1.29, 1.82) is 0 Å². The van der Waals surface area contributed by atoms with Crippen molar-refractivity contribution < 1.29 is 9.59 Å². The maximum absolute atomic E-state index is 13.6. The summed E-state index contributed by atoms with van der Waals surface area (Å²) in [5, 5.41) is 0.542. The fraction of sp³-hybridized carbons (Fsp3) is 0.250. The van der Waals surface area contributed by atoms with E-state index in [4.69, 9.17) is 16.6 Å². The average molecular weight is 487 g/mol. The molecule has 0 spiro atoms. The molecule has 3 aromatic carbocycles. The molecule has 6 nitrogen and oxygen atoms in total. The molecule has 0 saturated carbocycles. The second kappa shape index (κ2) is 9.55. The van der Waals surface area contributed by atoms with Crippen LogP contribution in [0.4, 0.5) is 11.4 Å². The lowest BCUT2D eigenvalue weighted by Crippen LogP contribution is -2.39. The lowest BCUT2D eigenvalue weighted by molar-refractivity contribution is -0.119. The van der Waals surface area contributed by atoms with Gasteiger partial charge in [0.1, 0.15) is 12.4 Å². The number of halogens is 1. The van der Waals surface area contributed by atoms with E-state index in [2.05, 4.69) is 0 Å². The van der Waals surface area contributed by atoms with E-state index in [-0.39, 0.29) is 30.3 Å². The van der Waals surface area contributed by atoms with E-state index < -0.39 is 0 Å². The number of hydrogen-bond acceptors (Lipinski definition) is 3. The summed E-state index contributed by atoms with van der Waals surface area (Å²) in [5.74, 6) is 0.575. The number of rotatable bonds is 6. The Balaban J connectivity index is 1.50. The molecule has 1 saturated heterocycles. The van der Waals surface area contributed by atoms with Gasteiger partial charge < -0.3 is 14.4 Å². The number of fused-ring (bicyclic) bond motifs is 1. The van der Waals surface area contributed by atoms with Crippen LogP contribution in [0.3, 0.4) is 0 Å². The predicted molar refractivity (Wildman–Crippen MR) is 140 cm³/mol. The molecule has 0 bridgehead atoms. The first-order valence-corrected chi connectivity index (χ1v) is 12.2. The number of hydrogen-bond donors (Lipinski definition) is 0. The molecule has 178 valence electrons. The van der Waals surface area contributed by atoms with E-state index in [0.717, 1.165) is 22.5 Å². The van der Waals surface area contributed by atoms with Gasteiger partial charge in [-0.1, -0.05) is 54.1 Å². The van der Waals surface area contributed by atoms with Crippen molar-refractivity contribution >= 4 is 45.8 Å². The first kappa shape index (κ1) is 23.1. The van der Waals surface area contributed by atoms with Crippen molar-refractivity contribution in [2.45, 2.75) is 38.8 Å². The monoisotopic (exact) mass is 486 g/mol. The van der Waals surface area contributed by atoms with Crippen molar-refractivity contribution in [3.05, 3.63) is 89.7 Å².